The van der Waals surface area contributed by atoms with E-state index in [1.807, 2.05) is 0 Å². The van der Waals surface area contributed by atoms with Gasteiger partial charge in [-0.3, -0.25) is 14.9 Å². The van der Waals surface area contributed by atoms with E-state index in [9.17, 15) is 23.7 Å². The number of H-pyrrole nitrogens is 1. The minimum absolute atomic E-state index is 0.0123. The summed E-state index contributed by atoms with van der Waals surface area (Å²) in [5, 5.41) is 14.1. The van der Waals surface area contributed by atoms with E-state index in [1.165, 1.54) is 30.3 Å². The first-order valence-corrected chi connectivity index (χ1v) is 9.14. The number of nitro groups is 1. The van der Waals surface area contributed by atoms with E-state index >= 15 is 0 Å². The van der Waals surface area contributed by atoms with E-state index in [-0.39, 0.29) is 18.0 Å². The van der Waals surface area contributed by atoms with Crippen LogP contribution < -0.4 is 10.1 Å². The van der Waals surface area contributed by atoms with Crippen molar-refractivity contribution in [3.63, 3.8) is 0 Å². The van der Waals surface area contributed by atoms with Crippen molar-refractivity contribution in [1.82, 2.24) is 4.98 Å². The first-order chi connectivity index (χ1) is 14.9. The molecule has 1 aromatic heterocycles. The minimum Gasteiger partial charge on any atom is -0.489 e. The third-order valence-electron chi connectivity index (χ3n) is 4.50. The average Bonchev–Trinajstić information content (AvgIpc) is 3.16. The molecule has 0 aliphatic heterocycles. The first-order valence-electron chi connectivity index (χ1n) is 9.14. The molecule has 0 radical (unpaired) electrons. The molecule has 1 heterocycles. The van der Waals surface area contributed by atoms with Crippen molar-refractivity contribution < 1.29 is 23.2 Å². The van der Waals surface area contributed by atoms with Crippen LogP contribution in [-0.2, 0) is 6.61 Å². The minimum atomic E-state index is -0.678. The van der Waals surface area contributed by atoms with E-state index in [0.717, 1.165) is 6.07 Å². The van der Waals surface area contributed by atoms with Crippen molar-refractivity contribution in [2.24, 2.45) is 0 Å². The van der Waals surface area contributed by atoms with Gasteiger partial charge in [0.2, 0.25) is 0 Å². The van der Waals surface area contributed by atoms with Gasteiger partial charge in [0.05, 0.1) is 4.92 Å². The van der Waals surface area contributed by atoms with Crippen LogP contribution in [0.2, 0.25) is 0 Å². The molecular formula is C22H15F2N3O4. The quantitative estimate of drug-likeness (QED) is 0.330. The highest BCUT2D eigenvalue weighted by atomic mass is 19.1. The predicted octanol–water partition coefficient (Wildman–Crippen LogP) is 5.19. The largest absolute Gasteiger partial charge is 0.489 e. The molecule has 0 atom stereocenters. The molecule has 3 aromatic carbocycles. The van der Waals surface area contributed by atoms with Gasteiger partial charge < -0.3 is 15.0 Å². The van der Waals surface area contributed by atoms with E-state index in [0.29, 0.717) is 27.9 Å². The Labute approximate surface area is 174 Å². The molecule has 9 heteroatoms. The van der Waals surface area contributed by atoms with Crippen molar-refractivity contribution in [2.45, 2.75) is 6.61 Å². The number of halogens is 2. The molecule has 0 aliphatic carbocycles. The van der Waals surface area contributed by atoms with Crippen LogP contribution in [0.3, 0.4) is 0 Å². The van der Waals surface area contributed by atoms with Gasteiger partial charge in [0.15, 0.2) is 0 Å². The fourth-order valence-electron chi connectivity index (χ4n) is 3.05. The molecule has 31 heavy (non-hydrogen) atoms. The molecule has 4 aromatic rings. The number of fused-ring (bicyclic) bond motifs is 1. The van der Waals surface area contributed by atoms with E-state index < -0.39 is 22.5 Å². The summed E-state index contributed by atoms with van der Waals surface area (Å²) < 4.78 is 32.0. The summed E-state index contributed by atoms with van der Waals surface area (Å²) in [4.78, 5) is 25.8. The second kappa shape index (κ2) is 8.23. The number of carbonyl (C=O) groups excluding carboxylic acids is 1. The lowest BCUT2D eigenvalue weighted by Crippen LogP contribution is -2.12. The maximum Gasteiger partial charge on any atom is 0.272 e. The highest BCUT2D eigenvalue weighted by Gasteiger charge is 2.13. The topological polar surface area (TPSA) is 97.3 Å². The van der Waals surface area contributed by atoms with Crippen LogP contribution in [0.1, 0.15) is 16.1 Å². The van der Waals surface area contributed by atoms with Crippen LogP contribution in [0.5, 0.6) is 5.75 Å². The molecule has 2 N–H and O–H groups in total. The van der Waals surface area contributed by atoms with Gasteiger partial charge in [0.25, 0.3) is 11.6 Å². The van der Waals surface area contributed by atoms with Gasteiger partial charge in [-0.05, 0) is 54.1 Å². The lowest BCUT2D eigenvalue weighted by Gasteiger charge is -2.08. The van der Waals surface area contributed by atoms with Crippen LogP contribution in [0.25, 0.3) is 10.9 Å². The molecule has 0 saturated heterocycles. The Balaban J connectivity index is 1.40. The van der Waals surface area contributed by atoms with Crippen LogP contribution in [-0.4, -0.2) is 15.8 Å². The summed E-state index contributed by atoms with van der Waals surface area (Å²) >= 11 is 0. The SMILES string of the molecule is O=C(Nc1ccc(OCc2cc(F)cc(F)c2)cc1)c1cc2cc([N+](=O)[O-])ccc2[nH]1. The molecule has 4 rings (SSSR count). The molecule has 0 unspecified atom stereocenters. The van der Waals surface area contributed by atoms with Gasteiger partial charge in [0, 0.05) is 34.8 Å². The zero-order valence-electron chi connectivity index (χ0n) is 15.9. The van der Waals surface area contributed by atoms with Crippen molar-refractivity contribution in [3.05, 3.63) is 99.7 Å². The number of amides is 1. The van der Waals surface area contributed by atoms with E-state index in [1.54, 1.807) is 30.3 Å². The molecule has 0 fully saturated rings. The lowest BCUT2D eigenvalue weighted by atomic mass is 10.2. The van der Waals surface area contributed by atoms with Crippen LogP contribution >= 0.6 is 0 Å². The number of aromatic nitrogens is 1. The number of nitro benzene ring substituents is 1. The van der Waals surface area contributed by atoms with Crippen LogP contribution in [0.4, 0.5) is 20.2 Å². The number of ether oxygens (including phenoxy) is 1. The molecule has 0 aliphatic rings. The number of nitrogens with zero attached hydrogens (tertiary/aromatic N) is 1. The predicted molar refractivity (Wildman–Crippen MR) is 110 cm³/mol. The number of anilines is 1. The van der Waals surface area contributed by atoms with Crippen LogP contribution in [0.15, 0.2) is 66.7 Å². The van der Waals surface area contributed by atoms with Crippen LogP contribution in [0, 0.1) is 21.7 Å². The zero-order chi connectivity index (χ0) is 22.0. The molecule has 0 bridgehead atoms. The Bertz CT molecular complexity index is 1270. The monoisotopic (exact) mass is 423 g/mol. The molecule has 7 nitrogen and oxygen atoms in total. The number of hydrogen-bond acceptors (Lipinski definition) is 4. The van der Waals surface area contributed by atoms with Gasteiger partial charge in [-0.15, -0.1) is 0 Å². The Morgan fingerprint density at radius 3 is 2.39 bits per heavy atom. The number of hydrogen-bond donors (Lipinski definition) is 2. The number of benzene rings is 3. The number of non-ortho nitro benzene ring substituents is 1. The Hall–Kier alpha value is -4.27. The van der Waals surface area contributed by atoms with Gasteiger partial charge >= 0.3 is 0 Å². The van der Waals surface area contributed by atoms with Gasteiger partial charge in [-0.1, -0.05) is 0 Å². The number of rotatable bonds is 6. The second-order valence-corrected chi connectivity index (χ2v) is 6.76. The summed E-state index contributed by atoms with van der Waals surface area (Å²) in [6.45, 7) is -0.0123. The van der Waals surface area contributed by atoms with Gasteiger partial charge in [-0.2, -0.15) is 0 Å². The van der Waals surface area contributed by atoms with E-state index in [4.69, 9.17) is 4.74 Å². The normalized spacial score (nSPS) is 10.8. The summed E-state index contributed by atoms with van der Waals surface area (Å²) in [5.41, 5.74) is 1.65. The highest BCUT2D eigenvalue weighted by molar-refractivity contribution is 6.06. The summed E-state index contributed by atoms with van der Waals surface area (Å²) in [5.74, 6) is -1.31. The first kappa shape index (κ1) is 20.0. The van der Waals surface area contributed by atoms with Gasteiger partial charge in [-0.25, -0.2) is 8.78 Å². The third-order valence-corrected chi connectivity index (χ3v) is 4.50. The van der Waals surface area contributed by atoms with Crippen molar-refractivity contribution in [3.8, 4) is 5.75 Å². The third kappa shape index (κ3) is 4.67. The fraction of sp³-hybridized carbons (Fsp3) is 0.0455. The maximum absolute atomic E-state index is 13.2. The summed E-state index contributed by atoms with van der Waals surface area (Å²) in [6, 6.07) is 15.4. The van der Waals surface area contributed by atoms with Crippen molar-refractivity contribution in [2.75, 3.05) is 5.32 Å². The van der Waals surface area contributed by atoms with Crippen molar-refractivity contribution >= 4 is 28.2 Å². The average molecular weight is 423 g/mol. The number of aromatic amines is 1. The van der Waals surface area contributed by atoms with Crippen molar-refractivity contribution in [1.29, 1.82) is 0 Å². The Morgan fingerprint density at radius 2 is 1.71 bits per heavy atom. The number of carbonyl (C=O) groups is 1. The molecule has 156 valence electrons. The van der Waals surface area contributed by atoms with E-state index in [2.05, 4.69) is 10.3 Å². The second-order valence-electron chi connectivity index (χ2n) is 6.76. The molecule has 0 spiro atoms. The maximum atomic E-state index is 13.2. The summed E-state index contributed by atoms with van der Waals surface area (Å²) in [7, 11) is 0. The standard InChI is InChI=1S/C22H15F2N3O4/c23-15-7-13(8-16(24)11-15)12-31-19-4-1-17(2-5-19)25-22(28)21-10-14-9-18(27(29)30)3-6-20(14)26-21/h1-11,26H,12H2,(H,25,28). The van der Waals surface area contributed by atoms with Gasteiger partial charge in [0.1, 0.15) is 29.7 Å². The molecular weight excluding hydrogens is 408 g/mol. The Morgan fingerprint density at radius 1 is 1.00 bits per heavy atom. The smallest absolute Gasteiger partial charge is 0.272 e. The zero-order valence-corrected chi connectivity index (χ0v) is 15.9. The molecule has 0 saturated carbocycles. The fourth-order valence-corrected chi connectivity index (χ4v) is 3.05. The Kier molecular flexibility index (Phi) is 5.31. The molecule has 1 amide bonds. The lowest BCUT2D eigenvalue weighted by molar-refractivity contribution is -0.384. The summed E-state index contributed by atoms with van der Waals surface area (Å²) in [6.07, 6.45) is 0. The number of nitrogens with one attached hydrogen (secondary N) is 2. The highest BCUT2D eigenvalue weighted by Crippen LogP contribution is 2.23.